The number of pyridine rings is 1. The summed E-state index contributed by atoms with van der Waals surface area (Å²) < 4.78 is 37.9. The Morgan fingerprint density at radius 1 is 1.00 bits per heavy atom. The fraction of sp³-hybridized carbons (Fsp3) is 0.324. The average molecular weight is 743 g/mol. The summed E-state index contributed by atoms with van der Waals surface area (Å²) in [5.41, 5.74) is 1.71. The standard InChI is InChI=1S/C37H36Cl2FN3O7.H2O/c1-47-31-11-10-25(16-33(31)48-2)32(17-26-27(38)18-41-19-28(26)39)49-36(45)24-8-6-22(7-9-24)20-43(35-29(40)4-3-5-30(35)44)37(46)50-34-21-42-14-12-23(34)13-15-42;/h3-11,16,18-19,23,32,34,44H,12-15,17,20-21H2,1-2H3;1H2/t32-,34-;/m0./s1. The van der Waals surface area contributed by atoms with Crippen molar-refractivity contribution in [2.45, 2.75) is 38.0 Å². The summed E-state index contributed by atoms with van der Waals surface area (Å²) in [5.74, 6) is -0.599. The van der Waals surface area contributed by atoms with E-state index < -0.39 is 29.7 Å². The van der Waals surface area contributed by atoms with Crippen LogP contribution in [0.5, 0.6) is 17.2 Å². The van der Waals surface area contributed by atoms with Crippen molar-refractivity contribution in [3.05, 3.63) is 111 Å². The number of para-hydroxylation sites is 1. The SMILES string of the molecule is COc1ccc([C@H](Cc2c(Cl)c[nH+]cc2Cl)OC(=O)c2ccc(CN(C(=O)O[C@H]3CN4CCC3CC4)c3c(O)cccc3F)cc2)cc1OC.[OH-]. The van der Waals surface area contributed by atoms with Crippen LogP contribution < -0.4 is 19.4 Å². The number of anilines is 1. The number of carbonyl (C=O) groups excluding carboxylic acids is 2. The first-order valence-corrected chi connectivity index (χ1v) is 16.9. The molecule has 51 heavy (non-hydrogen) atoms. The number of aromatic nitrogens is 1. The number of rotatable bonds is 11. The van der Waals surface area contributed by atoms with Gasteiger partial charge in [-0.05, 0) is 79.4 Å². The molecule has 3 aliphatic rings. The van der Waals surface area contributed by atoms with Gasteiger partial charge in [-0.15, -0.1) is 0 Å². The number of piperidine rings is 3. The van der Waals surface area contributed by atoms with Crippen LogP contribution in [0, 0.1) is 11.7 Å². The van der Waals surface area contributed by atoms with Gasteiger partial charge in [0.05, 0.1) is 26.3 Å². The van der Waals surface area contributed by atoms with Gasteiger partial charge in [-0.3, -0.25) is 9.80 Å². The van der Waals surface area contributed by atoms with Crippen molar-refractivity contribution in [1.82, 2.24) is 4.90 Å². The lowest BCUT2D eigenvalue weighted by Gasteiger charge is -2.44. The number of ether oxygens (including phenoxy) is 4. The number of phenolic OH excluding ortho intramolecular Hbond substituents is 1. The van der Waals surface area contributed by atoms with Gasteiger partial charge >= 0.3 is 12.1 Å². The van der Waals surface area contributed by atoms with Crippen LogP contribution in [0.15, 0.2) is 73.1 Å². The van der Waals surface area contributed by atoms with E-state index in [4.69, 9.17) is 42.1 Å². The Labute approximate surface area is 304 Å². The number of amides is 1. The third kappa shape index (κ3) is 8.48. The second-order valence-electron chi connectivity index (χ2n) is 12.3. The summed E-state index contributed by atoms with van der Waals surface area (Å²) in [6.45, 7) is 2.43. The minimum Gasteiger partial charge on any atom is -0.870 e. The Bertz CT molecular complexity index is 1820. The van der Waals surface area contributed by atoms with Crippen LogP contribution in [0.4, 0.5) is 14.9 Å². The van der Waals surface area contributed by atoms with Crippen LogP contribution in [0.3, 0.4) is 0 Å². The fourth-order valence-electron chi connectivity index (χ4n) is 6.51. The fourth-order valence-corrected chi connectivity index (χ4v) is 7.04. The van der Waals surface area contributed by atoms with Crippen molar-refractivity contribution in [3.63, 3.8) is 0 Å². The summed E-state index contributed by atoms with van der Waals surface area (Å²) in [7, 11) is 3.04. The second kappa shape index (κ2) is 16.6. The van der Waals surface area contributed by atoms with E-state index in [0.717, 1.165) is 30.8 Å². The van der Waals surface area contributed by atoms with E-state index in [1.807, 2.05) is 0 Å². The first kappa shape index (κ1) is 37.6. The Kier molecular flexibility index (Phi) is 12.2. The van der Waals surface area contributed by atoms with E-state index >= 15 is 4.39 Å². The average Bonchev–Trinajstić information content (AvgIpc) is 3.12. The Balaban J connectivity index is 0.00000504. The summed E-state index contributed by atoms with van der Waals surface area (Å²) in [5, 5.41) is 11.4. The van der Waals surface area contributed by atoms with Crippen LogP contribution >= 0.6 is 23.2 Å². The number of esters is 1. The van der Waals surface area contributed by atoms with Crippen molar-refractivity contribution >= 4 is 41.0 Å². The topological polar surface area (TPSA) is 142 Å². The monoisotopic (exact) mass is 741 g/mol. The highest BCUT2D eigenvalue weighted by molar-refractivity contribution is 6.35. The minimum absolute atomic E-state index is 0. The van der Waals surface area contributed by atoms with Gasteiger partial charge < -0.3 is 29.5 Å². The molecular weight excluding hydrogens is 704 g/mol. The smallest absolute Gasteiger partial charge is 0.415 e. The molecule has 1 aromatic heterocycles. The van der Waals surface area contributed by atoms with Gasteiger partial charge in [0.25, 0.3) is 0 Å². The zero-order valence-electron chi connectivity index (χ0n) is 28.0. The number of carbonyl (C=O) groups is 2. The van der Waals surface area contributed by atoms with E-state index in [1.165, 1.54) is 32.4 Å². The number of phenols is 1. The molecule has 7 rings (SSSR count). The van der Waals surface area contributed by atoms with Gasteiger partial charge in [0.15, 0.2) is 29.7 Å². The molecule has 14 heteroatoms. The van der Waals surface area contributed by atoms with E-state index in [0.29, 0.717) is 44.8 Å². The van der Waals surface area contributed by atoms with Gasteiger partial charge in [0.2, 0.25) is 0 Å². The largest absolute Gasteiger partial charge is 0.870 e. The first-order chi connectivity index (χ1) is 24.1. The number of aromatic amines is 1. The van der Waals surface area contributed by atoms with Gasteiger partial charge in [0.1, 0.15) is 33.7 Å². The molecule has 1 amide bonds. The molecule has 3 aromatic carbocycles. The molecule has 270 valence electrons. The summed E-state index contributed by atoms with van der Waals surface area (Å²) >= 11 is 12.9. The second-order valence-corrected chi connectivity index (χ2v) is 13.1. The predicted octanol–water partition coefficient (Wildman–Crippen LogP) is 6.87. The van der Waals surface area contributed by atoms with Crippen molar-refractivity contribution < 1.29 is 48.5 Å². The molecule has 3 fully saturated rings. The molecule has 0 spiro atoms. The molecular formula is C37H38Cl2FN3O8. The first-order valence-electron chi connectivity index (χ1n) is 16.2. The lowest BCUT2D eigenvalue weighted by molar-refractivity contribution is -0.377. The zero-order valence-corrected chi connectivity index (χ0v) is 29.5. The molecule has 0 radical (unpaired) electrons. The lowest BCUT2D eigenvalue weighted by Crippen LogP contribution is -2.53. The molecule has 0 aliphatic carbocycles. The maximum atomic E-state index is 15.1. The highest BCUT2D eigenvalue weighted by Gasteiger charge is 2.38. The minimum atomic E-state index is -0.819. The van der Waals surface area contributed by atoms with Crippen molar-refractivity contribution in [2.24, 2.45) is 5.92 Å². The maximum absolute atomic E-state index is 15.1. The normalized spacial score (nSPS) is 18.3. The van der Waals surface area contributed by atoms with Crippen LogP contribution in [-0.4, -0.2) is 67.5 Å². The quantitative estimate of drug-likeness (QED) is 0.163. The van der Waals surface area contributed by atoms with Crippen LogP contribution in [0.2, 0.25) is 10.0 Å². The molecule has 3 saturated heterocycles. The Hall–Kier alpha value is -4.62. The van der Waals surface area contributed by atoms with Gasteiger partial charge in [-0.25, -0.2) is 19.0 Å². The number of methoxy groups -OCH3 is 2. The van der Waals surface area contributed by atoms with Gasteiger partial charge in [-0.1, -0.05) is 47.5 Å². The molecule has 11 nitrogen and oxygen atoms in total. The number of nitrogens with one attached hydrogen (secondary N) is 1. The summed E-state index contributed by atoms with van der Waals surface area (Å²) in [6, 6.07) is 15.4. The van der Waals surface area contributed by atoms with Crippen LogP contribution in [-0.2, 0) is 22.4 Å². The number of nitrogens with zero attached hydrogens (tertiary/aromatic N) is 2. The number of benzene rings is 3. The molecule has 0 saturated carbocycles. The molecule has 2 atom stereocenters. The van der Waals surface area contributed by atoms with E-state index in [-0.39, 0.29) is 41.7 Å². The summed E-state index contributed by atoms with van der Waals surface area (Å²) in [4.78, 5) is 33.4. The molecule has 2 bridgehead atoms. The van der Waals surface area contributed by atoms with Crippen molar-refractivity contribution in [3.8, 4) is 17.2 Å². The lowest BCUT2D eigenvalue weighted by atomic mass is 9.86. The van der Waals surface area contributed by atoms with E-state index in [1.54, 1.807) is 54.9 Å². The Morgan fingerprint density at radius 3 is 2.29 bits per heavy atom. The van der Waals surface area contributed by atoms with E-state index in [2.05, 4.69) is 9.88 Å². The summed E-state index contributed by atoms with van der Waals surface area (Å²) in [6.07, 6.45) is 3.29. The number of H-pyrrole nitrogens is 1. The van der Waals surface area contributed by atoms with Crippen molar-refractivity contribution in [1.29, 1.82) is 0 Å². The predicted molar refractivity (Wildman–Crippen MR) is 186 cm³/mol. The van der Waals surface area contributed by atoms with Gasteiger partial charge in [-0.2, -0.15) is 0 Å². The highest BCUT2D eigenvalue weighted by Crippen LogP contribution is 2.37. The number of hydrogen-bond acceptors (Lipinski definition) is 9. The maximum Gasteiger partial charge on any atom is 0.415 e. The molecule has 3 aliphatic heterocycles. The molecule has 4 heterocycles. The van der Waals surface area contributed by atoms with E-state index in [9.17, 15) is 14.7 Å². The molecule has 4 aromatic rings. The third-order valence-corrected chi connectivity index (χ3v) is 9.92. The molecule has 3 N–H and O–H groups in total. The zero-order chi connectivity index (χ0) is 35.4. The number of fused-ring (bicyclic) bond motifs is 3. The Morgan fingerprint density at radius 2 is 1.69 bits per heavy atom. The van der Waals surface area contributed by atoms with Crippen LogP contribution in [0.25, 0.3) is 0 Å². The van der Waals surface area contributed by atoms with Crippen molar-refractivity contribution in [2.75, 3.05) is 38.8 Å². The van der Waals surface area contributed by atoms with Crippen LogP contribution in [0.1, 0.15) is 46.0 Å². The number of aromatic hydroxyl groups is 1. The third-order valence-electron chi connectivity index (χ3n) is 9.25. The van der Waals surface area contributed by atoms with Gasteiger partial charge in [0, 0.05) is 18.5 Å². The molecule has 0 unspecified atom stereocenters. The highest BCUT2D eigenvalue weighted by atomic mass is 35.5. The number of hydrogen-bond donors (Lipinski definition) is 1. The number of halogens is 3.